The summed E-state index contributed by atoms with van der Waals surface area (Å²) >= 11 is 0. The highest BCUT2D eigenvalue weighted by Crippen LogP contribution is 2.25. The molecule has 1 N–H and O–H groups in total. The summed E-state index contributed by atoms with van der Waals surface area (Å²) in [4.78, 5) is 2.11. The molecule has 100 valence electrons. The van der Waals surface area contributed by atoms with Crippen molar-refractivity contribution in [2.75, 3.05) is 18.0 Å². The van der Waals surface area contributed by atoms with Crippen LogP contribution in [0.25, 0.3) is 0 Å². The lowest BCUT2D eigenvalue weighted by Crippen LogP contribution is -2.57. The van der Waals surface area contributed by atoms with Gasteiger partial charge in [0, 0.05) is 36.9 Å². The van der Waals surface area contributed by atoms with Gasteiger partial charge in [-0.05, 0) is 25.0 Å². The van der Waals surface area contributed by atoms with Gasteiger partial charge in [-0.2, -0.15) is 0 Å². The number of rotatable bonds is 2. The molecule has 1 heterocycles. The van der Waals surface area contributed by atoms with Crippen molar-refractivity contribution >= 4 is 5.69 Å². The number of piperazine rings is 1. The van der Waals surface area contributed by atoms with E-state index in [2.05, 4.69) is 31.0 Å². The normalized spacial score (nSPS) is 24.7. The van der Waals surface area contributed by atoms with Crippen molar-refractivity contribution in [2.45, 2.75) is 32.9 Å². The number of nitrogens with one attached hydrogen (secondary N) is 1. The Balaban J connectivity index is 2.31. The van der Waals surface area contributed by atoms with E-state index in [0.29, 0.717) is 17.6 Å². The number of nitrogens with zero attached hydrogens (tertiary/aromatic N) is 1. The first-order valence-electron chi connectivity index (χ1n) is 6.43. The predicted octanol–water partition coefficient (Wildman–Crippen LogP) is 2.79. The molecule has 0 bridgehead atoms. The average molecular weight is 254 g/mol. The molecular formula is C14H20F2N2. The smallest absolute Gasteiger partial charge is 0.128 e. The van der Waals surface area contributed by atoms with Crippen LogP contribution in [0.2, 0.25) is 0 Å². The van der Waals surface area contributed by atoms with E-state index in [9.17, 15) is 8.78 Å². The summed E-state index contributed by atoms with van der Waals surface area (Å²) in [6, 6.07) is 4.33. The molecule has 2 atom stereocenters. The monoisotopic (exact) mass is 254 g/mol. The summed E-state index contributed by atoms with van der Waals surface area (Å²) in [6.07, 6.45) is 0. The van der Waals surface area contributed by atoms with Gasteiger partial charge in [0.2, 0.25) is 0 Å². The molecule has 0 aliphatic carbocycles. The Labute approximate surface area is 107 Å². The minimum atomic E-state index is -0.515. The van der Waals surface area contributed by atoms with Gasteiger partial charge < -0.3 is 10.2 Å². The largest absolute Gasteiger partial charge is 0.365 e. The first kappa shape index (κ1) is 13.3. The number of hydrogen-bond acceptors (Lipinski definition) is 2. The van der Waals surface area contributed by atoms with Crippen LogP contribution in [0.1, 0.15) is 20.8 Å². The zero-order valence-corrected chi connectivity index (χ0v) is 11.1. The van der Waals surface area contributed by atoms with Crippen LogP contribution in [0.5, 0.6) is 0 Å². The van der Waals surface area contributed by atoms with Crippen LogP contribution in [0.3, 0.4) is 0 Å². The molecule has 2 rings (SSSR count). The van der Waals surface area contributed by atoms with Gasteiger partial charge in [0.05, 0.1) is 0 Å². The SMILES string of the molecule is CC1CN(c2cc(F)cc(F)c2)C(C(C)C)CN1. The van der Waals surface area contributed by atoms with Crippen molar-refractivity contribution in [3.8, 4) is 0 Å². The third kappa shape index (κ3) is 2.80. The zero-order chi connectivity index (χ0) is 13.3. The molecule has 1 fully saturated rings. The fourth-order valence-electron chi connectivity index (χ4n) is 2.52. The molecule has 0 radical (unpaired) electrons. The Kier molecular flexibility index (Phi) is 3.85. The molecule has 0 spiro atoms. The Morgan fingerprint density at radius 1 is 1.22 bits per heavy atom. The number of hydrogen-bond donors (Lipinski definition) is 1. The highest BCUT2D eigenvalue weighted by Gasteiger charge is 2.28. The van der Waals surface area contributed by atoms with Crippen LogP contribution < -0.4 is 10.2 Å². The van der Waals surface area contributed by atoms with Gasteiger partial charge in [-0.15, -0.1) is 0 Å². The molecule has 1 aliphatic rings. The maximum Gasteiger partial charge on any atom is 0.128 e. The fourth-order valence-corrected chi connectivity index (χ4v) is 2.52. The molecule has 0 amide bonds. The summed E-state index contributed by atoms with van der Waals surface area (Å²) in [5, 5.41) is 3.41. The summed E-state index contributed by atoms with van der Waals surface area (Å²) in [6.45, 7) is 7.96. The summed E-state index contributed by atoms with van der Waals surface area (Å²) in [5.74, 6) is -0.603. The predicted molar refractivity (Wildman–Crippen MR) is 69.8 cm³/mol. The topological polar surface area (TPSA) is 15.3 Å². The Bertz CT molecular complexity index is 400. The van der Waals surface area contributed by atoms with Crippen molar-refractivity contribution < 1.29 is 8.78 Å². The molecule has 1 aromatic rings. The van der Waals surface area contributed by atoms with E-state index in [1.165, 1.54) is 12.1 Å². The minimum Gasteiger partial charge on any atom is -0.365 e. The molecule has 0 aromatic heterocycles. The molecular weight excluding hydrogens is 234 g/mol. The molecule has 1 saturated heterocycles. The van der Waals surface area contributed by atoms with E-state index in [4.69, 9.17) is 0 Å². The van der Waals surface area contributed by atoms with Gasteiger partial charge in [0.25, 0.3) is 0 Å². The number of halogens is 2. The van der Waals surface area contributed by atoms with E-state index in [0.717, 1.165) is 19.2 Å². The van der Waals surface area contributed by atoms with Crippen LogP contribution in [0.15, 0.2) is 18.2 Å². The average Bonchev–Trinajstić information content (AvgIpc) is 2.27. The lowest BCUT2D eigenvalue weighted by atomic mass is 9.98. The van der Waals surface area contributed by atoms with Crippen molar-refractivity contribution in [3.63, 3.8) is 0 Å². The maximum absolute atomic E-state index is 13.3. The second-order valence-corrected chi connectivity index (χ2v) is 5.40. The van der Waals surface area contributed by atoms with Crippen LogP contribution in [-0.4, -0.2) is 25.2 Å². The first-order chi connectivity index (χ1) is 8.47. The molecule has 2 unspecified atom stereocenters. The second-order valence-electron chi connectivity index (χ2n) is 5.40. The van der Waals surface area contributed by atoms with Crippen molar-refractivity contribution in [3.05, 3.63) is 29.8 Å². The Morgan fingerprint density at radius 2 is 1.83 bits per heavy atom. The van der Waals surface area contributed by atoms with Crippen molar-refractivity contribution in [1.82, 2.24) is 5.32 Å². The van der Waals surface area contributed by atoms with Gasteiger partial charge in [-0.25, -0.2) is 8.78 Å². The van der Waals surface area contributed by atoms with Crippen molar-refractivity contribution in [1.29, 1.82) is 0 Å². The number of benzene rings is 1. The van der Waals surface area contributed by atoms with Crippen LogP contribution in [-0.2, 0) is 0 Å². The standard InChI is InChI=1S/C14H20F2N2/c1-9(2)14-7-17-10(3)8-18(14)13-5-11(15)4-12(16)6-13/h4-6,9-10,14,17H,7-8H2,1-3H3. The third-order valence-electron chi connectivity index (χ3n) is 3.49. The van der Waals surface area contributed by atoms with Crippen LogP contribution in [0.4, 0.5) is 14.5 Å². The van der Waals surface area contributed by atoms with Gasteiger partial charge >= 0.3 is 0 Å². The summed E-state index contributed by atoms with van der Waals surface area (Å²) in [5.41, 5.74) is 0.638. The summed E-state index contributed by atoms with van der Waals surface area (Å²) < 4.78 is 26.7. The summed E-state index contributed by atoms with van der Waals surface area (Å²) in [7, 11) is 0. The molecule has 1 aliphatic heterocycles. The third-order valence-corrected chi connectivity index (χ3v) is 3.49. The molecule has 4 heteroatoms. The maximum atomic E-state index is 13.3. The van der Waals surface area contributed by atoms with E-state index in [1.807, 2.05) is 0 Å². The Morgan fingerprint density at radius 3 is 2.39 bits per heavy atom. The van der Waals surface area contributed by atoms with Gasteiger partial charge in [-0.3, -0.25) is 0 Å². The fraction of sp³-hybridized carbons (Fsp3) is 0.571. The van der Waals surface area contributed by atoms with Crippen LogP contribution in [0, 0.1) is 17.6 Å². The quantitative estimate of drug-likeness (QED) is 0.873. The van der Waals surface area contributed by atoms with Crippen LogP contribution >= 0.6 is 0 Å². The zero-order valence-electron chi connectivity index (χ0n) is 11.1. The van der Waals surface area contributed by atoms with E-state index in [-0.39, 0.29) is 6.04 Å². The van der Waals surface area contributed by atoms with E-state index in [1.54, 1.807) is 0 Å². The van der Waals surface area contributed by atoms with Gasteiger partial charge in [0.15, 0.2) is 0 Å². The first-order valence-corrected chi connectivity index (χ1v) is 6.43. The van der Waals surface area contributed by atoms with E-state index >= 15 is 0 Å². The second kappa shape index (κ2) is 5.22. The highest BCUT2D eigenvalue weighted by atomic mass is 19.1. The molecule has 18 heavy (non-hydrogen) atoms. The molecule has 1 aromatic carbocycles. The minimum absolute atomic E-state index is 0.266. The van der Waals surface area contributed by atoms with Gasteiger partial charge in [-0.1, -0.05) is 13.8 Å². The van der Waals surface area contributed by atoms with E-state index < -0.39 is 11.6 Å². The highest BCUT2D eigenvalue weighted by molar-refractivity contribution is 5.49. The molecule has 2 nitrogen and oxygen atoms in total. The number of anilines is 1. The molecule has 0 saturated carbocycles. The lowest BCUT2D eigenvalue weighted by molar-refractivity contribution is 0.348. The lowest BCUT2D eigenvalue weighted by Gasteiger charge is -2.43. The van der Waals surface area contributed by atoms with Gasteiger partial charge in [0.1, 0.15) is 11.6 Å². The van der Waals surface area contributed by atoms with Crippen molar-refractivity contribution in [2.24, 2.45) is 5.92 Å². The Hall–Kier alpha value is -1.16.